The fraction of sp³-hybridized carbons (Fsp3) is 0.300. The van der Waals surface area contributed by atoms with Crippen LogP contribution in [0.15, 0.2) is 67.5 Å². The molecular weight excluding hydrogens is 522 g/mol. The van der Waals surface area contributed by atoms with Crippen molar-refractivity contribution in [2.24, 2.45) is 5.41 Å². The summed E-state index contributed by atoms with van der Waals surface area (Å²) >= 11 is 6.79. The molecule has 40 heavy (non-hydrogen) atoms. The molecule has 2 N–H and O–H groups in total. The number of aromatic nitrogens is 6. The molecule has 0 aliphatic heterocycles. The van der Waals surface area contributed by atoms with Crippen molar-refractivity contribution in [2.75, 3.05) is 17.2 Å². The highest BCUT2D eigenvalue weighted by Gasteiger charge is 2.27. The molecule has 0 unspecified atom stereocenters. The van der Waals surface area contributed by atoms with E-state index in [1.165, 1.54) is 0 Å². The van der Waals surface area contributed by atoms with Crippen LogP contribution in [0.5, 0.6) is 0 Å². The zero-order chi connectivity index (χ0) is 27.9. The second-order valence-corrected chi connectivity index (χ2v) is 11.8. The van der Waals surface area contributed by atoms with Gasteiger partial charge >= 0.3 is 0 Å². The summed E-state index contributed by atoms with van der Waals surface area (Å²) in [5.41, 5.74) is 5.45. The monoisotopic (exact) mass is 551 g/mol. The summed E-state index contributed by atoms with van der Waals surface area (Å²) in [5, 5.41) is 27.2. The Morgan fingerprint density at radius 1 is 1.20 bits per heavy atom. The predicted molar refractivity (Wildman–Crippen MR) is 157 cm³/mol. The van der Waals surface area contributed by atoms with Crippen LogP contribution in [0.4, 0.5) is 11.4 Å². The average molecular weight is 552 g/mol. The summed E-state index contributed by atoms with van der Waals surface area (Å²) in [6, 6.07) is 14.5. The molecule has 0 saturated heterocycles. The van der Waals surface area contributed by atoms with Crippen molar-refractivity contribution >= 4 is 33.9 Å². The van der Waals surface area contributed by atoms with E-state index in [2.05, 4.69) is 69.9 Å². The molecule has 6 rings (SSSR count). The topological polar surface area (TPSA) is 109 Å². The van der Waals surface area contributed by atoms with E-state index in [-0.39, 0.29) is 11.5 Å². The van der Waals surface area contributed by atoms with Crippen LogP contribution in [0.25, 0.3) is 16.6 Å². The van der Waals surface area contributed by atoms with Gasteiger partial charge in [0.05, 0.1) is 46.4 Å². The van der Waals surface area contributed by atoms with Gasteiger partial charge in [0.2, 0.25) is 0 Å². The van der Waals surface area contributed by atoms with E-state index < -0.39 is 0 Å². The lowest BCUT2D eigenvalue weighted by molar-refractivity contribution is 0.443. The minimum atomic E-state index is -0.303. The van der Waals surface area contributed by atoms with Gasteiger partial charge in [0.1, 0.15) is 11.8 Å². The number of nitrogens with zero attached hydrogens (tertiary/aromatic N) is 7. The van der Waals surface area contributed by atoms with E-state index in [1.807, 2.05) is 45.9 Å². The van der Waals surface area contributed by atoms with Crippen molar-refractivity contribution in [1.29, 1.82) is 5.26 Å². The maximum Gasteiger partial charge on any atom is 0.109 e. The summed E-state index contributed by atoms with van der Waals surface area (Å²) < 4.78 is 3.92. The maximum atomic E-state index is 9.84. The zero-order valence-electron chi connectivity index (χ0n) is 22.6. The molecule has 10 heteroatoms. The Bertz CT molecular complexity index is 1710. The van der Waals surface area contributed by atoms with Gasteiger partial charge in [0.25, 0.3) is 0 Å². The van der Waals surface area contributed by atoms with Crippen LogP contribution in [0.2, 0.25) is 5.02 Å². The molecule has 9 nitrogen and oxygen atoms in total. The normalized spacial score (nSPS) is 14.2. The molecule has 3 aromatic heterocycles. The molecule has 1 saturated carbocycles. The Morgan fingerprint density at radius 2 is 2.05 bits per heavy atom. The SMILES string of the molecule is CC(C)(C)CNc1c(C#N)cnc2c(Cl)cc(N[C@@H](c3cccc(-n4ccnc4)c3)c3cn(C4CC4)nn3)cc12. The van der Waals surface area contributed by atoms with Crippen molar-refractivity contribution in [3.05, 3.63) is 89.4 Å². The van der Waals surface area contributed by atoms with Gasteiger partial charge in [-0.05, 0) is 48.1 Å². The lowest BCUT2D eigenvalue weighted by Crippen LogP contribution is -2.20. The predicted octanol–water partition coefficient (Wildman–Crippen LogP) is 6.53. The number of anilines is 2. The first-order valence-corrected chi connectivity index (χ1v) is 13.7. The fourth-order valence-corrected chi connectivity index (χ4v) is 4.95. The minimum Gasteiger partial charge on any atom is -0.383 e. The number of fused-ring (bicyclic) bond motifs is 1. The molecule has 0 amide bonds. The fourth-order valence-electron chi connectivity index (χ4n) is 4.68. The van der Waals surface area contributed by atoms with Crippen LogP contribution in [0.3, 0.4) is 0 Å². The third-order valence-electron chi connectivity index (χ3n) is 6.90. The Morgan fingerprint density at radius 3 is 2.77 bits per heavy atom. The lowest BCUT2D eigenvalue weighted by Gasteiger charge is -2.22. The van der Waals surface area contributed by atoms with Crippen molar-refractivity contribution < 1.29 is 0 Å². The van der Waals surface area contributed by atoms with Gasteiger partial charge in [-0.15, -0.1) is 5.10 Å². The van der Waals surface area contributed by atoms with E-state index in [1.54, 1.807) is 18.7 Å². The lowest BCUT2D eigenvalue weighted by atomic mass is 9.96. The Kier molecular flexibility index (Phi) is 6.64. The molecule has 202 valence electrons. The van der Waals surface area contributed by atoms with Gasteiger partial charge in [-0.2, -0.15) is 5.26 Å². The van der Waals surface area contributed by atoms with Crippen molar-refractivity contribution in [3.63, 3.8) is 0 Å². The smallest absolute Gasteiger partial charge is 0.109 e. The summed E-state index contributed by atoms with van der Waals surface area (Å²) in [4.78, 5) is 8.70. The molecule has 5 aromatic rings. The molecule has 1 aliphatic rings. The molecule has 1 fully saturated rings. The van der Waals surface area contributed by atoms with Crippen LogP contribution in [0.1, 0.15) is 62.5 Å². The summed E-state index contributed by atoms with van der Waals surface area (Å²) in [6.45, 7) is 7.12. The molecule has 3 heterocycles. The Labute approximate surface area is 237 Å². The molecule has 0 spiro atoms. The number of pyridine rings is 1. The quantitative estimate of drug-likeness (QED) is 0.225. The minimum absolute atomic E-state index is 0.0146. The number of hydrogen-bond acceptors (Lipinski definition) is 7. The molecule has 2 aromatic carbocycles. The van der Waals surface area contributed by atoms with E-state index in [4.69, 9.17) is 11.6 Å². The number of benzene rings is 2. The third-order valence-corrected chi connectivity index (χ3v) is 7.19. The number of hydrogen-bond donors (Lipinski definition) is 2. The zero-order valence-corrected chi connectivity index (χ0v) is 23.4. The van der Waals surface area contributed by atoms with Gasteiger partial charge in [0, 0.05) is 41.9 Å². The van der Waals surface area contributed by atoms with Crippen LogP contribution >= 0.6 is 11.6 Å². The van der Waals surface area contributed by atoms with Crippen LogP contribution in [0, 0.1) is 16.7 Å². The maximum absolute atomic E-state index is 9.84. The van der Waals surface area contributed by atoms with E-state index in [9.17, 15) is 5.26 Å². The molecule has 1 atom stereocenters. The van der Waals surface area contributed by atoms with Crippen molar-refractivity contribution in [1.82, 2.24) is 29.5 Å². The van der Waals surface area contributed by atoms with Crippen LogP contribution in [-0.4, -0.2) is 36.1 Å². The first-order chi connectivity index (χ1) is 19.3. The summed E-state index contributed by atoms with van der Waals surface area (Å²) in [6.07, 6.45) is 11.3. The van der Waals surface area contributed by atoms with E-state index >= 15 is 0 Å². The third kappa shape index (κ3) is 5.36. The number of nitriles is 1. The van der Waals surface area contributed by atoms with Crippen molar-refractivity contribution in [2.45, 2.75) is 45.7 Å². The van der Waals surface area contributed by atoms with Crippen molar-refractivity contribution in [3.8, 4) is 11.8 Å². The number of nitrogens with one attached hydrogen (secondary N) is 2. The number of imidazole rings is 1. The second kappa shape index (κ2) is 10.3. The summed E-state index contributed by atoms with van der Waals surface area (Å²) in [7, 11) is 0. The van der Waals surface area contributed by atoms with Gasteiger partial charge in [0.15, 0.2) is 0 Å². The summed E-state index contributed by atoms with van der Waals surface area (Å²) in [5.74, 6) is 0. The molecule has 0 radical (unpaired) electrons. The highest BCUT2D eigenvalue weighted by Crippen LogP contribution is 2.37. The largest absolute Gasteiger partial charge is 0.383 e. The van der Waals surface area contributed by atoms with Gasteiger partial charge in [-0.1, -0.05) is 49.7 Å². The second-order valence-electron chi connectivity index (χ2n) is 11.4. The average Bonchev–Trinajstić information content (AvgIpc) is 3.41. The van der Waals surface area contributed by atoms with E-state index in [0.717, 1.165) is 46.5 Å². The van der Waals surface area contributed by atoms with Gasteiger partial charge in [-0.3, -0.25) is 4.98 Å². The molecule has 0 bridgehead atoms. The number of rotatable bonds is 8. The van der Waals surface area contributed by atoms with Crippen LogP contribution < -0.4 is 10.6 Å². The van der Waals surface area contributed by atoms with E-state index in [0.29, 0.717) is 28.7 Å². The first kappa shape index (κ1) is 25.8. The highest BCUT2D eigenvalue weighted by atomic mass is 35.5. The Balaban J connectivity index is 1.43. The highest BCUT2D eigenvalue weighted by molar-refractivity contribution is 6.35. The van der Waals surface area contributed by atoms with Gasteiger partial charge < -0.3 is 15.2 Å². The molecule has 1 aliphatic carbocycles. The number of halogens is 1. The van der Waals surface area contributed by atoms with Crippen LogP contribution in [-0.2, 0) is 0 Å². The first-order valence-electron chi connectivity index (χ1n) is 13.3. The molecular formula is C30H30ClN9. The standard InChI is InChI=1S/C30H30ClN9/c1-30(2,3)17-35-27-20(14-32)15-34-29-24(27)12-21(13-25(29)31)36-28(26-16-40(38-37-26)22-7-8-22)19-5-4-6-23(11-19)39-10-9-33-18-39/h4-6,9-13,15-16,18,22,28,36H,7-8,17H2,1-3H3,(H,34,35)/t28-/m0/s1. The Hall–Kier alpha value is -4.42. The van der Waals surface area contributed by atoms with Gasteiger partial charge in [-0.25, -0.2) is 9.67 Å².